The summed E-state index contributed by atoms with van der Waals surface area (Å²) >= 11 is 0. The van der Waals surface area contributed by atoms with Gasteiger partial charge in [-0.15, -0.1) is 0 Å². The Kier molecular flexibility index (Phi) is 6.18. The van der Waals surface area contributed by atoms with E-state index in [1.807, 2.05) is 25.1 Å². The summed E-state index contributed by atoms with van der Waals surface area (Å²) < 4.78 is 54.9. The standard InChI is InChI=1S/C24H26F3NO4/c1-16-13-18(23(30-2)14-31-15-23)5-8-21(16)22(29)28-11-9-20(10-12-28)32-19-6-3-17(4-7-19)24(25,26)27/h3-8,13,20H,9-12,14-15H2,1-2H3. The lowest BCUT2D eigenvalue weighted by Gasteiger charge is -2.40. The Balaban J connectivity index is 1.34. The quantitative estimate of drug-likeness (QED) is 0.671. The van der Waals surface area contributed by atoms with Crippen LogP contribution in [0.2, 0.25) is 0 Å². The van der Waals surface area contributed by atoms with Gasteiger partial charge in [0.15, 0.2) is 0 Å². The third-order valence-corrected chi connectivity index (χ3v) is 6.26. The number of amides is 1. The zero-order valence-corrected chi connectivity index (χ0v) is 18.1. The highest BCUT2D eigenvalue weighted by Crippen LogP contribution is 2.34. The summed E-state index contributed by atoms with van der Waals surface area (Å²) in [4.78, 5) is 14.9. The van der Waals surface area contributed by atoms with E-state index in [2.05, 4.69) is 0 Å². The number of benzene rings is 2. The number of methoxy groups -OCH3 is 1. The van der Waals surface area contributed by atoms with E-state index in [4.69, 9.17) is 14.2 Å². The SMILES string of the molecule is COC1(c2ccc(C(=O)N3CCC(Oc4ccc(C(F)(F)F)cc4)CC3)c(C)c2)COC1. The molecule has 5 nitrogen and oxygen atoms in total. The van der Waals surface area contributed by atoms with Crippen LogP contribution in [-0.4, -0.2) is 50.3 Å². The maximum absolute atomic E-state index is 13.1. The fraction of sp³-hybridized carbons (Fsp3) is 0.458. The Hall–Kier alpha value is -2.58. The molecule has 0 unspecified atom stereocenters. The van der Waals surface area contributed by atoms with Gasteiger partial charge in [-0.1, -0.05) is 12.1 Å². The van der Waals surface area contributed by atoms with Crippen molar-refractivity contribution >= 4 is 5.91 Å². The molecule has 0 aromatic heterocycles. The molecule has 0 bridgehead atoms. The van der Waals surface area contributed by atoms with Gasteiger partial charge in [-0.3, -0.25) is 4.79 Å². The Morgan fingerprint density at radius 2 is 1.75 bits per heavy atom. The number of nitrogens with zero attached hydrogens (tertiary/aromatic N) is 1. The number of carbonyl (C=O) groups excluding carboxylic acids is 1. The van der Waals surface area contributed by atoms with Gasteiger partial charge in [0.2, 0.25) is 0 Å². The number of piperidine rings is 1. The van der Waals surface area contributed by atoms with Crippen molar-refractivity contribution in [1.29, 1.82) is 0 Å². The molecule has 0 radical (unpaired) electrons. The fourth-order valence-electron chi connectivity index (χ4n) is 4.14. The summed E-state index contributed by atoms with van der Waals surface area (Å²) in [7, 11) is 1.66. The Morgan fingerprint density at radius 1 is 1.09 bits per heavy atom. The molecule has 2 aromatic carbocycles. The van der Waals surface area contributed by atoms with E-state index in [-0.39, 0.29) is 12.0 Å². The second-order valence-electron chi connectivity index (χ2n) is 8.35. The van der Waals surface area contributed by atoms with Crippen LogP contribution >= 0.6 is 0 Å². The molecule has 172 valence electrons. The van der Waals surface area contributed by atoms with E-state index in [1.54, 1.807) is 12.0 Å². The summed E-state index contributed by atoms with van der Waals surface area (Å²) in [6.07, 6.45) is -3.27. The molecule has 2 heterocycles. The lowest BCUT2D eigenvalue weighted by Crippen LogP contribution is -2.48. The zero-order valence-electron chi connectivity index (χ0n) is 18.1. The second-order valence-corrected chi connectivity index (χ2v) is 8.35. The normalized spacial score (nSPS) is 18.8. The highest BCUT2D eigenvalue weighted by atomic mass is 19.4. The first-order chi connectivity index (χ1) is 15.2. The lowest BCUT2D eigenvalue weighted by atomic mass is 9.89. The number of likely N-dealkylation sites (tertiary alicyclic amines) is 1. The van der Waals surface area contributed by atoms with Gasteiger partial charge in [-0.05, 0) is 48.4 Å². The minimum Gasteiger partial charge on any atom is -0.490 e. The lowest BCUT2D eigenvalue weighted by molar-refractivity contribution is -0.202. The number of hydrogen-bond donors (Lipinski definition) is 0. The van der Waals surface area contributed by atoms with Crippen molar-refractivity contribution in [2.24, 2.45) is 0 Å². The van der Waals surface area contributed by atoms with Gasteiger partial charge < -0.3 is 19.1 Å². The summed E-state index contributed by atoms with van der Waals surface area (Å²) in [6, 6.07) is 10.5. The van der Waals surface area contributed by atoms with E-state index in [0.717, 1.165) is 23.3 Å². The predicted molar refractivity (Wildman–Crippen MR) is 112 cm³/mol. The first-order valence-electron chi connectivity index (χ1n) is 10.6. The number of hydrogen-bond acceptors (Lipinski definition) is 4. The average molecular weight is 449 g/mol. The van der Waals surface area contributed by atoms with Crippen molar-refractivity contribution in [2.45, 2.75) is 37.6 Å². The van der Waals surface area contributed by atoms with Crippen molar-refractivity contribution in [2.75, 3.05) is 33.4 Å². The minimum absolute atomic E-state index is 0.0293. The molecule has 1 amide bonds. The van der Waals surface area contributed by atoms with Crippen LogP contribution in [0.3, 0.4) is 0 Å². The van der Waals surface area contributed by atoms with E-state index in [0.29, 0.717) is 50.5 Å². The smallest absolute Gasteiger partial charge is 0.416 e. The van der Waals surface area contributed by atoms with Crippen LogP contribution in [0.4, 0.5) is 13.2 Å². The largest absolute Gasteiger partial charge is 0.490 e. The second kappa shape index (κ2) is 8.75. The molecule has 32 heavy (non-hydrogen) atoms. The van der Waals surface area contributed by atoms with Crippen molar-refractivity contribution < 1.29 is 32.2 Å². The molecule has 2 saturated heterocycles. The minimum atomic E-state index is -4.36. The highest BCUT2D eigenvalue weighted by molar-refractivity contribution is 5.95. The third kappa shape index (κ3) is 4.47. The van der Waals surface area contributed by atoms with E-state index < -0.39 is 17.3 Å². The number of rotatable bonds is 5. The predicted octanol–water partition coefficient (Wildman–Crippen LogP) is 4.57. The molecule has 2 aliphatic rings. The molecule has 4 rings (SSSR count). The highest BCUT2D eigenvalue weighted by Gasteiger charge is 2.41. The maximum atomic E-state index is 13.1. The summed E-state index contributed by atoms with van der Waals surface area (Å²) in [6.45, 7) is 3.98. The molecule has 0 aliphatic carbocycles. The van der Waals surface area contributed by atoms with Gasteiger partial charge in [0.1, 0.15) is 17.5 Å². The van der Waals surface area contributed by atoms with Crippen molar-refractivity contribution in [3.8, 4) is 5.75 Å². The van der Waals surface area contributed by atoms with Gasteiger partial charge in [-0.25, -0.2) is 0 Å². The molecule has 8 heteroatoms. The molecule has 2 aliphatic heterocycles. The molecule has 0 spiro atoms. The number of carbonyl (C=O) groups is 1. The summed E-state index contributed by atoms with van der Waals surface area (Å²) in [5.74, 6) is 0.375. The van der Waals surface area contributed by atoms with Gasteiger partial charge in [0.05, 0.1) is 18.8 Å². The summed E-state index contributed by atoms with van der Waals surface area (Å²) in [5.41, 5.74) is 1.42. The first-order valence-corrected chi connectivity index (χ1v) is 10.6. The topological polar surface area (TPSA) is 48.0 Å². The van der Waals surface area contributed by atoms with Crippen molar-refractivity contribution in [1.82, 2.24) is 4.90 Å². The zero-order chi connectivity index (χ0) is 22.9. The molecular formula is C24H26F3NO4. The molecular weight excluding hydrogens is 423 g/mol. The molecule has 0 N–H and O–H groups in total. The van der Waals surface area contributed by atoms with Crippen molar-refractivity contribution in [3.63, 3.8) is 0 Å². The Bertz CT molecular complexity index is 957. The Morgan fingerprint density at radius 3 is 2.25 bits per heavy atom. The van der Waals surface area contributed by atoms with E-state index >= 15 is 0 Å². The van der Waals surface area contributed by atoms with Gasteiger partial charge in [-0.2, -0.15) is 13.2 Å². The average Bonchev–Trinajstić information content (AvgIpc) is 2.73. The number of aryl methyl sites for hydroxylation is 1. The van der Waals surface area contributed by atoms with Gasteiger partial charge in [0.25, 0.3) is 5.91 Å². The fourth-order valence-corrected chi connectivity index (χ4v) is 4.14. The Labute approximate surface area is 185 Å². The van der Waals surface area contributed by atoms with Crippen LogP contribution in [0.25, 0.3) is 0 Å². The van der Waals surface area contributed by atoms with E-state index in [1.165, 1.54) is 12.1 Å². The van der Waals surface area contributed by atoms with Gasteiger partial charge in [0, 0.05) is 38.6 Å². The molecule has 2 fully saturated rings. The monoisotopic (exact) mass is 449 g/mol. The van der Waals surface area contributed by atoms with Crippen LogP contribution in [0, 0.1) is 6.92 Å². The van der Waals surface area contributed by atoms with Crippen LogP contribution in [0.5, 0.6) is 5.75 Å². The molecule has 2 aromatic rings. The number of alkyl halides is 3. The number of ether oxygens (including phenoxy) is 3. The van der Waals surface area contributed by atoms with Crippen LogP contribution in [-0.2, 0) is 21.3 Å². The summed E-state index contributed by atoms with van der Waals surface area (Å²) in [5, 5.41) is 0. The third-order valence-electron chi connectivity index (χ3n) is 6.26. The van der Waals surface area contributed by atoms with Gasteiger partial charge >= 0.3 is 6.18 Å². The van der Waals surface area contributed by atoms with Crippen LogP contribution in [0.15, 0.2) is 42.5 Å². The first kappa shape index (κ1) is 22.6. The van der Waals surface area contributed by atoms with Crippen LogP contribution in [0.1, 0.15) is 39.9 Å². The van der Waals surface area contributed by atoms with Crippen molar-refractivity contribution in [3.05, 3.63) is 64.7 Å². The van der Waals surface area contributed by atoms with Crippen LogP contribution < -0.4 is 4.74 Å². The molecule has 0 atom stereocenters. The van der Waals surface area contributed by atoms with E-state index in [9.17, 15) is 18.0 Å². The molecule has 0 saturated carbocycles. The number of halogens is 3. The maximum Gasteiger partial charge on any atom is 0.416 e.